The third kappa shape index (κ3) is 12.9. The minimum absolute atomic E-state index is 0. The van der Waals surface area contributed by atoms with Crippen molar-refractivity contribution in [2.75, 3.05) is 7.11 Å². The molecule has 0 aliphatic carbocycles. The summed E-state index contributed by atoms with van der Waals surface area (Å²) in [7, 11) is 1.65. The van der Waals surface area contributed by atoms with Crippen molar-refractivity contribution in [1.82, 2.24) is 15.0 Å². The van der Waals surface area contributed by atoms with Crippen molar-refractivity contribution in [3.63, 3.8) is 0 Å². The van der Waals surface area contributed by atoms with E-state index in [9.17, 15) is 15.2 Å². The van der Waals surface area contributed by atoms with Crippen molar-refractivity contribution >= 4 is 159 Å². The number of nitriles is 2. The molecule has 7 heterocycles. The average molecular weight is 993 g/mol. The van der Waals surface area contributed by atoms with Crippen molar-refractivity contribution in [2.24, 2.45) is 0 Å². The second-order valence-corrected chi connectivity index (χ2v) is 21.7. The Kier molecular flexibility index (Phi) is 17.4. The van der Waals surface area contributed by atoms with Crippen molar-refractivity contribution in [3.05, 3.63) is 138 Å². The predicted octanol–water partition coefficient (Wildman–Crippen LogP) is 11.0. The Balaban J connectivity index is 0.000000184. The van der Waals surface area contributed by atoms with Crippen molar-refractivity contribution in [3.8, 4) is 17.2 Å². The van der Waals surface area contributed by atoms with Crippen LogP contribution in [0.4, 0.5) is 0 Å². The number of benzene rings is 3. The molecule has 0 aliphatic heterocycles. The number of rotatable bonds is 7. The molecular formula is C47H33KN6O3S7. The number of aromatic nitrogens is 3. The Morgan fingerprint density at radius 3 is 1.66 bits per heavy atom. The zero-order valence-electron chi connectivity index (χ0n) is 34.9. The molecule has 0 amide bonds. The Hall–Kier alpha value is -4.33. The normalized spacial score (nSPS) is 11.3. The molecule has 0 atom stereocenters. The van der Waals surface area contributed by atoms with Crippen LogP contribution in [0.2, 0.25) is 0 Å². The molecule has 0 N–H and O–H groups in total. The van der Waals surface area contributed by atoms with Crippen LogP contribution in [0.25, 0.3) is 77.7 Å². The van der Waals surface area contributed by atoms with E-state index < -0.39 is 5.60 Å². The summed E-state index contributed by atoms with van der Waals surface area (Å²) in [5.74, 6) is 0. The fraction of sp³-hybridized carbons (Fsp3) is 0.128. The zero-order valence-corrected chi connectivity index (χ0v) is 43.8. The van der Waals surface area contributed by atoms with Gasteiger partial charge in [0.05, 0.1) is 67.3 Å². The van der Waals surface area contributed by atoms with Gasteiger partial charge in [-0.15, -0.1) is 73.6 Å². The Morgan fingerprint density at radius 2 is 1.16 bits per heavy atom. The molecule has 10 rings (SSSR count). The number of aldehydes is 1. The number of nitrogens with zero attached hydrogens (tertiary/aromatic N) is 6. The summed E-state index contributed by atoms with van der Waals surface area (Å²) in [5, 5.41) is 31.6. The largest absolute Gasteiger partial charge is 1.00 e. The van der Waals surface area contributed by atoms with Crippen LogP contribution < -0.4 is 61.2 Å². The predicted molar refractivity (Wildman–Crippen MR) is 267 cm³/mol. The third-order valence-electron chi connectivity index (χ3n) is 8.18. The molecule has 0 bridgehead atoms. The standard InChI is InChI=1S/C26H12N4S4.C9H6N2S.C8H6O2S2.C4H9O.K/c1-28-20(26-30-19-7-3-5-9-22(19)34-26)11-17-13-24-23(32-17)12-16(31-24)10-15(14-27)25-29-18-6-2-4-8-21(18)33-25;10-6-5-9-11-7-3-1-2-4-8(7)12-9;1-10-8-3-7-6(12-8)2-5(4-9)11-7;1-4(2,3)5;/h2-13H;1-4H,5H2;2-4H,1H3;1-3H3;/q;;;-1;+1/b15-10+,20-11-;;;;. The number of carbonyl (C=O) groups is 1. The van der Waals surface area contributed by atoms with Gasteiger partial charge < -0.3 is 9.84 Å². The van der Waals surface area contributed by atoms with E-state index in [1.807, 2.05) is 97.1 Å². The average Bonchev–Trinajstić information content (AvgIpc) is 4.13. The van der Waals surface area contributed by atoms with Gasteiger partial charge in [-0.05, 0) is 66.7 Å². The summed E-state index contributed by atoms with van der Waals surface area (Å²) >= 11 is 11.0. The van der Waals surface area contributed by atoms with Gasteiger partial charge in [-0.3, -0.25) is 4.79 Å². The number of hydrogen-bond donors (Lipinski definition) is 0. The number of hydrogen-bond acceptors (Lipinski definition) is 15. The molecule has 7 aromatic heterocycles. The van der Waals surface area contributed by atoms with Gasteiger partial charge >= 0.3 is 51.4 Å². The smallest absolute Gasteiger partial charge is 0.850 e. The molecule has 0 spiro atoms. The summed E-state index contributed by atoms with van der Waals surface area (Å²) in [5.41, 5.74) is 3.20. The Bertz CT molecular complexity index is 3110. The van der Waals surface area contributed by atoms with E-state index in [-0.39, 0.29) is 51.4 Å². The number of para-hydroxylation sites is 3. The molecule has 312 valence electrons. The molecule has 10 aromatic rings. The number of allylic oxidation sites excluding steroid dienone is 1. The molecule has 3 aromatic carbocycles. The second kappa shape index (κ2) is 22.7. The quantitative estimate of drug-likeness (QED) is 0.0665. The van der Waals surface area contributed by atoms with Gasteiger partial charge in [-0.1, -0.05) is 68.5 Å². The van der Waals surface area contributed by atoms with E-state index in [1.54, 1.807) is 73.2 Å². The molecule has 0 unspecified atom stereocenters. The maximum Gasteiger partial charge on any atom is 1.00 e. The van der Waals surface area contributed by atoms with Crippen molar-refractivity contribution in [2.45, 2.75) is 32.8 Å². The molecule has 0 aliphatic rings. The van der Waals surface area contributed by atoms with Gasteiger partial charge in [0.25, 0.3) is 0 Å². The fourth-order valence-corrected chi connectivity index (χ4v) is 12.7. The van der Waals surface area contributed by atoms with E-state index in [0.717, 1.165) is 90.5 Å². The number of thiophene rings is 4. The number of methoxy groups -OCH3 is 1. The van der Waals surface area contributed by atoms with Gasteiger partial charge in [0.15, 0.2) is 11.3 Å². The third-order valence-corrected chi connectivity index (χ3v) is 15.7. The molecule has 0 saturated heterocycles. The number of thiazole rings is 3. The Morgan fingerprint density at radius 1 is 0.688 bits per heavy atom. The summed E-state index contributed by atoms with van der Waals surface area (Å²) in [6, 6.07) is 36.2. The fourth-order valence-electron chi connectivity index (χ4n) is 5.60. The van der Waals surface area contributed by atoms with Crippen LogP contribution in [0.3, 0.4) is 0 Å². The van der Waals surface area contributed by atoms with Gasteiger partial charge in [0.1, 0.15) is 21.1 Å². The molecule has 9 nitrogen and oxygen atoms in total. The first-order valence-electron chi connectivity index (χ1n) is 18.8. The van der Waals surface area contributed by atoms with Crippen molar-refractivity contribution < 1.29 is 66.0 Å². The molecule has 0 fully saturated rings. The summed E-state index contributed by atoms with van der Waals surface area (Å²) in [6.07, 6.45) is 5.12. The maximum atomic E-state index is 10.4. The van der Waals surface area contributed by atoms with E-state index in [0.29, 0.717) is 17.7 Å². The van der Waals surface area contributed by atoms with Crippen LogP contribution in [0.5, 0.6) is 5.06 Å². The second-order valence-electron chi connectivity index (χ2n) is 14.1. The van der Waals surface area contributed by atoms with Crippen LogP contribution in [-0.2, 0) is 6.42 Å². The zero-order chi connectivity index (χ0) is 44.5. The van der Waals surface area contributed by atoms with Gasteiger partial charge in [-0.2, -0.15) is 10.5 Å². The van der Waals surface area contributed by atoms with Crippen molar-refractivity contribution in [1.29, 1.82) is 10.5 Å². The van der Waals surface area contributed by atoms with Gasteiger partial charge in [0, 0.05) is 34.6 Å². The molecular weight excluding hydrogens is 960 g/mol. The summed E-state index contributed by atoms with van der Waals surface area (Å²) in [6.45, 7) is 12.6. The number of carbonyl (C=O) groups excluding carboxylic acids is 1. The number of ether oxygens (including phenoxy) is 1. The molecule has 0 radical (unpaired) electrons. The van der Waals surface area contributed by atoms with E-state index in [1.165, 1.54) is 34.0 Å². The van der Waals surface area contributed by atoms with E-state index >= 15 is 0 Å². The van der Waals surface area contributed by atoms with E-state index in [4.69, 9.17) is 16.6 Å². The van der Waals surface area contributed by atoms with Crippen LogP contribution in [0.15, 0.2) is 97.1 Å². The SMILES string of the molecule is CC(C)(C)[O-].COc1cc2sc(C=O)cc2s1.N#CCc1nc2ccccc2s1.[C-]#[N+]/C(=C\c1cc2sc(/C=C(\C#N)c3nc4ccccc4s3)cc2s1)c1nc2ccccc2s1.[K+]. The van der Waals surface area contributed by atoms with Crippen LogP contribution in [0, 0.1) is 29.2 Å². The topological polar surface area (TPSA) is 140 Å². The van der Waals surface area contributed by atoms with E-state index in [2.05, 4.69) is 44.1 Å². The first-order chi connectivity index (χ1) is 30.4. The van der Waals surface area contributed by atoms with Gasteiger partial charge in [-0.25, -0.2) is 19.8 Å². The first-order valence-corrected chi connectivity index (χ1v) is 24.6. The van der Waals surface area contributed by atoms with Gasteiger partial charge in [0.2, 0.25) is 5.70 Å². The molecule has 17 heteroatoms. The van der Waals surface area contributed by atoms with Crippen LogP contribution >= 0.6 is 79.4 Å². The van der Waals surface area contributed by atoms with Crippen LogP contribution in [-0.4, -0.2) is 33.9 Å². The summed E-state index contributed by atoms with van der Waals surface area (Å²) < 4.78 is 12.9. The minimum Gasteiger partial charge on any atom is -0.850 e. The molecule has 0 saturated carbocycles. The minimum atomic E-state index is -0.750. The van der Waals surface area contributed by atoms with Crippen LogP contribution in [0.1, 0.15) is 55.2 Å². The monoisotopic (exact) mass is 992 g/mol. The first kappa shape index (κ1) is 49.1. The molecule has 64 heavy (non-hydrogen) atoms. The maximum absolute atomic E-state index is 10.4. The summed E-state index contributed by atoms with van der Waals surface area (Å²) in [4.78, 5) is 30.5. The number of fused-ring (bicyclic) bond motifs is 5. The Labute approximate surface area is 439 Å².